The van der Waals surface area contributed by atoms with Crippen LogP contribution in [0.4, 0.5) is 5.69 Å². The predicted molar refractivity (Wildman–Crippen MR) is 121 cm³/mol. The average molecular weight is 394 g/mol. The lowest BCUT2D eigenvalue weighted by atomic mass is 9.87. The van der Waals surface area contributed by atoms with Gasteiger partial charge in [0.25, 0.3) is 0 Å². The summed E-state index contributed by atoms with van der Waals surface area (Å²) >= 11 is 0. The molecule has 2 aromatic carbocycles. The number of nitrogens with one attached hydrogen (secondary N) is 1. The average Bonchev–Trinajstić information content (AvgIpc) is 2.73. The Kier molecular flexibility index (Phi) is 6.63. The van der Waals surface area contributed by atoms with E-state index in [4.69, 9.17) is 5.73 Å². The lowest BCUT2D eigenvalue weighted by Crippen LogP contribution is -2.47. The summed E-state index contributed by atoms with van der Waals surface area (Å²) in [6.45, 7) is 10.5. The third-order valence-corrected chi connectivity index (χ3v) is 6.08. The first-order valence-electron chi connectivity index (χ1n) is 10.7. The van der Waals surface area contributed by atoms with Crippen molar-refractivity contribution < 1.29 is 4.79 Å². The van der Waals surface area contributed by atoms with E-state index in [1.54, 1.807) is 0 Å². The Morgan fingerprint density at radius 2 is 1.62 bits per heavy atom. The van der Waals surface area contributed by atoms with Gasteiger partial charge in [-0.25, -0.2) is 0 Å². The standard InChI is InChI=1S/C25H35N3O/c1-18(23(26)19-8-6-5-7-9-19)24(29)27-21-14-16-28(17-15-21)22-12-10-20(11-13-22)25(2,3)4/h5-13,18,21,23H,14-17,26H2,1-4H3,(H,27,29). The van der Waals surface area contributed by atoms with Crippen molar-refractivity contribution in [3.8, 4) is 0 Å². The van der Waals surface area contributed by atoms with Crippen molar-refractivity contribution in [3.05, 3.63) is 65.7 Å². The summed E-state index contributed by atoms with van der Waals surface area (Å²) in [5, 5.41) is 3.22. The molecule has 1 amide bonds. The fourth-order valence-corrected chi connectivity index (χ4v) is 3.91. The van der Waals surface area contributed by atoms with Crippen molar-refractivity contribution in [3.63, 3.8) is 0 Å². The molecule has 2 aromatic rings. The van der Waals surface area contributed by atoms with Crippen molar-refractivity contribution in [1.29, 1.82) is 0 Å². The van der Waals surface area contributed by atoms with Gasteiger partial charge in [0.2, 0.25) is 5.91 Å². The molecule has 0 aromatic heterocycles. The molecule has 1 aliphatic heterocycles. The monoisotopic (exact) mass is 393 g/mol. The number of benzene rings is 2. The number of anilines is 1. The molecule has 2 atom stereocenters. The first-order chi connectivity index (χ1) is 13.8. The van der Waals surface area contributed by atoms with Gasteiger partial charge in [0.15, 0.2) is 0 Å². The van der Waals surface area contributed by atoms with Gasteiger partial charge in [-0.05, 0) is 41.5 Å². The Morgan fingerprint density at radius 3 is 2.17 bits per heavy atom. The highest BCUT2D eigenvalue weighted by molar-refractivity contribution is 5.79. The van der Waals surface area contributed by atoms with Crippen LogP contribution in [0, 0.1) is 5.92 Å². The van der Waals surface area contributed by atoms with E-state index in [1.807, 2.05) is 37.3 Å². The molecular weight excluding hydrogens is 358 g/mol. The zero-order chi connectivity index (χ0) is 21.0. The van der Waals surface area contributed by atoms with Crippen LogP contribution in [0.5, 0.6) is 0 Å². The van der Waals surface area contributed by atoms with Gasteiger partial charge in [0.1, 0.15) is 0 Å². The topological polar surface area (TPSA) is 58.4 Å². The Hall–Kier alpha value is -2.33. The van der Waals surface area contributed by atoms with Gasteiger partial charge in [-0.2, -0.15) is 0 Å². The van der Waals surface area contributed by atoms with E-state index in [2.05, 4.69) is 55.3 Å². The fraction of sp³-hybridized carbons (Fsp3) is 0.480. The lowest BCUT2D eigenvalue weighted by molar-refractivity contribution is -0.126. The van der Waals surface area contributed by atoms with Crippen LogP contribution in [0.15, 0.2) is 54.6 Å². The van der Waals surface area contributed by atoms with Crippen LogP contribution in [-0.2, 0) is 10.2 Å². The minimum atomic E-state index is -0.280. The van der Waals surface area contributed by atoms with Crippen molar-refractivity contribution in [2.24, 2.45) is 11.7 Å². The highest BCUT2D eigenvalue weighted by Crippen LogP contribution is 2.27. The number of nitrogens with zero attached hydrogens (tertiary/aromatic N) is 1. The minimum absolute atomic E-state index is 0.0503. The van der Waals surface area contributed by atoms with E-state index in [1.165, 1.54) is 11.3 Å². The van der Waals surface area contributed by atoms with Gasteiger partial charge in [-0.1, -0.05) is 70.2 Å². The summed E-state index contributed by atoms with van der Waals surface area (Å²) < 4.78 is 0. The lowest BCUT2D eigenvalue weighted by Gasteiger charge is -2.35. The molecule has 4 heteroatoms. The van der Waals surface area contributed by atoms with E-state index in [0.717, 1.165) is 31.5 Å². The highest BCUT2D eigenvalue weighted by atomic mass is 16.2. The van der Waals surface area contributed by atoms with Gasteiger partial charge in [0.05, 0.1) is 5.92 Å². The number of piperidine rings is 1. The van der Waals surface area contributed by atoms with Crippen molar-refractivity contribution in [2.45, 2.75) is 58.0 Å². The maximum atomic E-state index is 12.7. The van der Waals surface area contributed by atoms with Crippen LogP contribution in [0.1, 0.15) is 57.7 Å². The summed E-state index contributed by atoms with van der Waals surface area (Å²) in [6.07, 6.45) is 1.92. The van der Waals surface area contributed by atoms with E-state index in [-0.39, 0.29) is 29.3 Å². The van der Waals surface area contributed by atoms with Crippen LogP contribution in [0.3, 0.4) is 0 Å². The first kappa shape index (κ1) is 21.4. The van der Waals surface area contributed by atoms with Crippen molar-refractivity contribution in [1.82, 2.24) is 5.32 Å². The number of hydrogen-bond acceptors (Lipinski definition) is 3. The SMILES string of the molecule is CC(C(=O)NC1CCN(c2ccc(C(C)(C)C)cc2)CC1)C(N)c1ccccc1. The minimum Gasteiger partial charge on any atom is -0.371 e. The van der Waals surface area contributed by atoms with E-state index in [0.29, 0.717) is 0 Å². The number of rotatable bonds is 5. The third kappa shape index (κ3) is 5.39. The largest absolute Gasteiger partial charge is 0.371 e. The molecule has 0 radical (unpaired) electrons. The Morgan fingerprint density at radius 1 is 1.03 bits per heavy atom. The molecule has 0 spiro atoms. The molecule has 0 bridgehead atoms. The van der Waals surface area contributed by atoms with Crippen LogP contribution in [-0.4, -0.2) is 25.0 Å². The predicted octanol–water partition coefficient (Wildman–Crippen LogP) is 4.41. The van der Waals surface area contributed by atoms with Gasteiger partial charge < -0.3 is 16.0 Å². The maximum Gasteiger partial charge on any atom is 0.224 e. The molecule has 1 fully saturated rings. The summed E-state index contributed by atoms with van der Waals surface area (Å²) in [7, 11) is 0. The molecule has 2 unspecified atom stereocenters. The molecule has 3 N–H and O–H groups in total. The molecule has 156 valence electrons. The number of carbonyl (C=O) groups excluding carboxylic acids is 1. The quantitative estimate of drug-likeness (QED) is 0.791. The Labute approximate surface area is 175 Å². The second-order valence-corrected chi connectivity index (χ2v) is 9.29. The molecule has 1 saturated heterocycles. The second-order valence-electron chi connectivity index (χ2n) is 9.29. The van der Waals surface area contributed by atoms with Crippen molar-refractivity contribution in [2.75, 3.05) is 18.0 Å². The van der Waals surface area contributed by atoms with Gasteiger partial charge in [0, 0.05) is 30.9 Å². The second kappa shape index (κ2) is 9.00. The number of carbonyl (C=O) groups is 1. The first-order valence-corrected chi connectivity index (χ1v) is 10.7. The summed E-state index contributed by atoms with van der Waals surface area (Å²) in [5.74, 6) is -0.199. The summed E-state index contributed by atoms with van der Waals surface area (Å²) in [6, 6.07) is 18.7. The summed E-state index contributed by atoms with van der Waals surface area (Å²) in [4.78, 5) is 15.1. The normalized spacial score (nSPS) is 17.6. The summed E-state index contributed by atoms with van der Waals surface area (Å²) in [5.41, 5.74) is 10.1. The molecule has 3 rings (SSSR count). The van der Waals surface area contributed by atoms with Crippen molar-refractivity contribution >= 4 is 11.6 Å². The maximum absolute atomic E-state index is 12.7. The highest BCUT2D eigenvalue weighted by Gasteiger charge is 2.26. The van der Waals surface area contributed by atoms with Gasteiger partial charge in [-0.3, -0.25) is 4.79 Å². The third-order valence-electron chi connectivity index (χ3n) is 6.08. The molecule has 0 saturated carbocycles. The molecular formula is C25H35N3O. The fourth-order valence-electron chi connectivity index (χ4n) is 3.91. The van der Waals surface area contributed by atoms with E-state index >= 15 is 0 Å². The number of hydrogen-bond donors (Lipinski definition) is 2. The van der Waals surface area contributed by atoms with Crippen LogP contribution in [0.2, 0.25) is 0 Å². The molecule has 1 aliphatic rings. The Bertz CT molecular complexity index is 787. The number of nitrogens with two attached hydrogens (primary N) is 1. The van der Waals surface area contributed by atoms with Crippen LogP contribution >= 0.6 is 0 Å². The molecule has 4 nitrogen and oxygen atoms in total. The van der Waals surface area contributed by atoms with E-state index < -0.39 is 0 Å². The zero-order valence-electron chi connectivity index (χ0n) is 18.2. The van der Waals surface area contributed by atoms with Gasteiger partial charge >= 0.3 is 0 Å². The Balaban J connectivity index is 1.51. The van der Waals surface area contributed by atoms with Gasteiger partial charge in [-0.15, -0.1) is 0 Å². The molecule has 29 heavy (non-hydrogen) atoms. The molecule has 0 aliphatic carbocycles. The van der Waals surface area contributed by atoms with E-state index in [9.17, 15) is 4.79 Å². The smallest absolute Gasteiger partial charge is 0.224 e. The number of amides is 1. The molecule has 1 heterocycles. The van der Waals surface area contributed by atoms with Crippen LogP contribution < -0.4 is 16.0 Å². The van der Waals surface area contributed by atoms with Crippen LogP contribution in [0.25, 0.3) is 0 Å². The zero-order valence-corrected chi connectivity index (χ0v) is 18.2.